The van der Waals surface area contributed by atoms with Gasteiger partial charge in [-0.2, -0.15) is 9.57 Å². The molecule has 1 heterocycles. The maximum atomic E-state index is 13.1. The van der Waals surface area contributed by atoms with Gasteiger partial charge in [-0.05, 0) is 49.4 Å². The Morgan fingerprint density at radius 2 is 1.79 bits per heavy atom. The third-order valence-electron chi connectivity index (χ3n) is 4.60. The van der Waals surface area contributed by atoms with E-state index in [-0.39, 0.29) is 29.4 Å². The van der Waals surface area contributed by atoms with E-state index in [1.807, 2.05) is 4.90 Å². The first-order valence-corrected chi connectivity index (χ1v) is 10.5. The van der Waals surface area contributed by atoms with Gasteiger partial charge in [0.05, 0.1) is 10.5 Å². The molecule has 0 N–H and O–H groups in total. The number of ether oxygens (including phenoxy) is 1. The minimum absolute atomic E-state index is 0.00760. The Kier molecular flexibility index (Phi) is 6.15. The van der Waals surface area contributed by atoms with Crippen LogP contribution >= 0.6 is 0 Å². The van der Waals surface area contributed by atoms with Crippen LogP contribution in [0.5, 0.6) is 0 Å². The maximum absolute atomic E-state index is 13.1. The monoisotopic (exact) mass is 417 g/mol. The molecule has 1 aliphatic rings. The number of rotatable bonds is 5. The van der Waals surface area contributed by atoms with Gasteiger partial charge in [-0.1, -0.05) is 6.07 Å². The lowest BCUT2D eigenvalue weighted by Gasteiger charge is -2.35. The molecule has 0 unspecified atom stereocenters. The Morgan fingerprint density at radius 3 is 2.41 bits per heavy atom. The van der Waals surface area contributed by atoms with Gasteiger partial charge in [0.15, 0.2) is 6.10 Å². The van der Waals surface area contributed by atoms with Gasteiger partial charge in [-0.25, -0.2) is 17.6 Å². The molecule has 0 spiro atoms. The van der Waals surface area contributed by atoms with E-state index in [2.05, 4.69) is 0 Å². The number of anilines is 1. The summed E-state index contributed by atoms with van der Waals surface area (Å²) < 4.78 is 45.3. The average Bonchev–Trinajstić information content (AvgIpc) is 2.74. The molecule has 0 aliphatic carbocycles. The van der Waals surface area contributed by atoms with Crippen LogP contribution in [0.2, 0.25) is 0 Å². The first-order valence-electron chi connectivity index (χ1n) is 9.02. The molecule has 0 aromatic heterocycles. The van der Waals surface area contributed by atoms with Crippen molar-refractivity contribution < 1.29 is 22.3 Å². The summed E-state index contributed by atoms with van der Waals surface area (Å²) >= 11 is 0. The summed E-state index contributed by atoms with van der Waals surface area (Å²) in [5, 5.41) is 8.75. The Morgan fingerprint density at radius 1 is 1.14 bits per heavy atom. The highest BCUT2D eigenvalue weighted by Gasteiger charge is 2.29. The number of carbonyl (C=O) groups is 1. The third kappa shape index (κ3) is 4.72. The second-order valence-corrected chi connectivity index (χ2v) is 8.51. The van der Waals surface area contributed by atoms with Crippen LogP contribution in [0.15, 0.2) is 53.4 Å². The number of halogens is 1. The molecule has 2 aromatic rings. The van der Waals surface area contributed by atoms with E-state index < -0.39 is 22.1 Å². The van der Waals surface area contributed by atoms with Crippen molar-refractivity contribution in [2.75, 3.05) is 31.1 Å². The molecule has 0 radical (unpaired) electrons. The van der Waals surface area contributed by atoms with Gasteiger partial charge in [0.25, 0.3) is 0 Å². The molecule has 1 fully saturated rings. The van der Waals surface area contributed by atoms with Crippen molar-refractivity contribution >= 4 is 21.7 Å². The van der Waals surface area contributed by atoms with E-state index in [1.165, 1.54) is 47.6 Å². The van der Waals surface area contributed by atoms with Crippen LogP contribution in [0, 0.1) is 17.1 Å². The predicted octanol–water partition coefficient (Wildman–Crippen LogP) is 2.41. The lowest BCUT2D eigenvalue weighted by molar-refractivity contribution is 0.0435. The van der Waals surface area contributed by atoms with Gasteiger partial charge in [0.2, 0.25) is 10.0 Å². The predicted molar refractivity (Wildman–Crippen MR) is 104 cm³/mol. The van der Waals surface area contributed by atoms with Crippen molar-refractivity contribution in [1.29, 1.82) is 5.26 Å². The molecule has 152 valence electrons. The first-order chi connectivity index (χ1) is 13.8. The minimum Gasteiger partial charge on any atom is -0.444 e. The van der Waals surface area contributed by atoms with Crippen LogP contribution in [-0.4, -0.2) is 51.0 Å². The fraction of sp³-hybridized carbons (Fsp3) is 0.300. The molecule has 1 saturated heterocycles. The van der Waals surface area contributed by atoms with E-state index in [0.29, 0.717) is 13.1 Å². The van der Waals surface area contributed by atoms with Gasteiger partial charge in [0, 0.05) is 31.9 Å². The van der Waals surface area contributed by atoms with Gasteiger partial charge in [-0.3, -0.25) is 0 Å². The van der Waals surface area contributed by atoms with Crippen LogP contribution in [0.3, 0.4) is 0 Å². The van der Waals surface area contributed by atoms with Gasteiger partial charge in [-0.15, -0.1) is 0 Å². The molecule has 9 heteroatoms. The van der Waals surface area contributed by atoms with E-state index in [9.17, 15) is 17.6 Å². The molecule has 2 aromatic carbocycles. The van der Waals surface area contributed by atoms with E-state index >= 15 is 0 Å². The quantitative estimate of drug-likeness (QED) is 0.694. The normalized spacial score (nSPS) is 16.1. The summed E-state index contributed by atoms with van der Waals surface area (Å²) in [7, 11) is -3.79. The zero-order valence-corrected chi connectivity index (χ0v) is 16.6. The highest BCUT2D eigenvalue weighted by atomic mass is 32.2. The van der Waals surface area contributed by atoms with Crippen molar-refractivity contribution in [1.82, 2.24) is 4.31 Å². The largest absolute Gasteiger partial charge is 0.444 e. The van der Waals surface area contributed by atoms with Crippen molar-refractivity contribution in [2.24, 2.45) is 0 Å². The summed E-state index contributed by atoms with van der Waals surface area (Å²) in [5.41, 5.74) is 0.901. The number of hydrogen-bond donors (Lipinski definition) is 0. The van der Waals surface area contributed by atoms with Crippen molar-refractivity contribution in [2.45, 2.75) is 17.9 Å². The molecular formula is C20H20FN3O4S. The SMILES string of the molecule is C[C@H](C#N)OC(=O)c1cccc(S(=O)(=O)N2CCN(c3ccc(F)cc3)CC2)c1. The Balaban J connectivity index is 1.71. The Bertz CT molecular complexity index is 1030. The average molecular weight is 417 g/mol. The lowest BCUT2D eigenvalue weighted by atomic mass is 10.2. The maximum Gasteiger partial charge on any atom is 0.339 e. The third-order valence-corrected chi connectivity index (χ3v) is 6.50. The molecule has 1 atom stereocenters. The summed E-state index contributed by atoms with van der Waals surface area (Å²) in [5.74, 6) is -1.07. The fourth-order valence-corrected chi connectivity index (χ4v) is 4.49. The molecule has 1 aliphatic heterocycles. The van der Waals surface area contributed by atoms with E-state index in [4.69, 9.17) is 10.00 Å². The molecule has 0 amide bonds. The van der Waals surface area contributed by atoms with Crippen LogP contribution in [0.25, 0.3) is 0 Å². The van der Waals surface area contributed by atoms with Gasteiger partial charge in [0.1, 0.15) is 11.9 Å². The molecule has 0 bridgehead atoms. The number of esters is 1. The summed E-state index contributed by atoms with van der Waals surface area (Å²) in [4.78, 5) is 14.1. The van der Waals surface area contributed by atoms with Gasteiger partial charge < -0.3 is 9.64 Å². The number of carbonyl (C=O) groups excluding carboxylic acids is 1. The van der Waals surface area contributed by atoms with Crippen molar-refractivity contribution in [3.63, 3.8) is 0 Å². The first kappa shape index (κ1) is 20.8. The Labute approximate surface area is 169 Å². The van der Waals surface area contributed by atoms with Crippen molar-refractivity contribution in [3.8, 4) is 6.07 Å². The second kappa shape index (κ2) is 8.59. The smallest absolute Gasteiger partial charge is 0.339 e. The fourth-order valence-electron chi connectivity index (χ4n) is 3.03. The van der Waals surface area contributed by atoms with Crippen LogP contribution in [0.4, 0.5) is 10.1 Å². The number of nitrogens with zero attached hydrogens (tertiary/aromatic N) is 3. The number of piperazine rings is 1. The number of sulfonamides is 1. The topological polar surface area (TPSA) is 90.7 Å². The van der Waals surface area contributed by atoms with Crippen LogP contribution < -0.4 is 4.90 Å². The van der Waals surface area contributed by atoms with Crippen LogP contribution in [-0.2, 0) is 14.8 Å². The zero-order chi connectivity index (χ0) is 21.0. The number of nitriles is 1. The minimum atomic E-state index is -3.79. The molecule has 7 nitrogen and oxygen atoms in total. The second-order valence-electron chi connectivity index (χ2n) is 6.57. The molecule has 0 saturated carbocycles. The molecular weight excluding hydrogens is 397 g/mol. The van der Waals surface area contributed by atoms with Crippen molar-refractivity contribution in [3.05, 3.63) is 59.9 Å². The summed E-state index contributed by atoms with van der Waals surface area (Å²) in [6.45, 7) is 2.89. The van der Waals surface area contributed by atoms with E-state index in [1.54, 1.807) is 18.2 Å². The lowest BCUT2D eigenvalue weighted by Crippen LogP contribution is -2.48. The van der Waals surface area contributed by atoms with E-state index in [0.717, 1.165) is 5.69 Å². The zero-order valence-electron chi connectivity index (χ0n) is 15.8. The van der Waals surface area contributed by atoms with Crippen LogP contribution in [0.1, 0.15) is 17.3 Å². The highest BCUT2D eigenvalue weighted by molar-refractivity contribution is 7.89. The molecule has 29 heavy (non-hydrogen) atoms. The number of hydrogen-bond acceptors (Lipinski definition) is 6. The summed E-state index contributed by atoms with van der Waals surface area (Å²) in [6.07, 6.45) is -0.928. The molecule has 3 rings (SSSR count). The standard InChI is InChI=1S/C20H20FN3O4S/c1-15(14-22)28-20(25)16-3-2-4-19(13-16)29(26,27)24-11-9-23(10-12-24)18-7-5-17(21)6-8-18/h2-8,13,15H,9-12H2,1H3/t15-/m1/s1. The van der Waals surface area contributed by atoms with Gasteiger partial charge >= 0.3 is 5.97 Å². The summed E-state index contributed by atoms with van der Waals surface area (Å²) in [6, 6.07) is 13.4. The Hall–Kier alpha value is -2.96. The highest BCUT2D eigenvalue weighted by Crippen LogP contribution is 2.22. The number of benzene rings is 2.